The zero-order chi connectivity index (χ0) is 28.5. The van der Waals surface area contributed by atoms with E-state index < -0.39 is 31.2 Å². The molecule has 1 fully saturated rings. The van der Waals surface area contributed by atoms with E-state index in [-0.39, 0.29) is 58.8 Å². The molecule has 0 bridgehead atoms. The van der Waals surface area contributed by atoms with Gasteiger partial charge in [-0.3, -0.25) is 19.1 Å². The van der Waals surface area contributed by atoms with Crippen LogP contribution in [0, 0.1) is 5.92 Å². The van der Waals surface area contributed by atoms with Gasteiger partial charge >= 0.3 is 6.18 Å². The van der Waals surface area contributed by atoms with Gasteiger partial charge in [-0.25, -0.2) is 4.98 Å². The van der Waals surface area contributed by atoms with Crippen LogP contribution in [0.3, 0.4) is 0 Å². The van der Waals surface area contributed by atoms with Crippen molar-refractivity contribution < 1.29 is 31.6 Å². The van der Waals surface area contributed by atoms with Gasteiger partial charge in [0, 0.05) is 42.6 Å². The zero-order valence-electron chi connectivity index (χ0n) is 22.0. The summed E-state index contributed by atoms with van der Waals surface area (Å²) in [6.07, 6.45) is -1.22. The molecule has 0 aromatic carbocycles. The molecule has 14 heteroatoms. The molecule has 4 rings (SSSR count). The molecular weight excluding hydrogens is 483 g/mol. The second kappa shape index (κ2) is 9.97. The predicted octanol–water partition coefficient (Wildman–Crippen LogP) is 2.25. The van der Waals surface area contributed by atoms with Gasteiger partial charge in [-0.1, -0.05) is 0 Å². The number of nitrogens with zero attached hydrogens (tertiary/aromatic N) is 4. The Hall–Kier alpha value is -3.94. The van der Waals surface area contributed by atoms with Crippen molar-refractivity contribution in [1.29, 1.82) is 0 Å². The fourth-order valence-corrected chi connectivity index (χ4v) is 3.56. The number of carbonyl (C=O) groups is 2. The average molecular weight is 510 g/mol. The highest BCUT2D eigenvalue weighted by Gasteiger charge is 2.31. The second-order valence-electron chi connectivity index (χ2n) is 8.15. The van der Waals surface area contributed by atoms with E-state index >= 15 is 0 Å². The summed E-state index contributed by atoms with van der Waals surface area (Å²) < 4.78 is 68.1. The van der Waals surface area contributed by atoms with Gasteiger partial charge in [-0.15, -0.1) is 0 Å². The van der Waals surface area contributed by atoms with Gasteiger partial charge in [0.15, 0.2) is 5.82 Å². The van der Waals surface area contributed by atoms with Crippen LogP contribution in [0.2, 0.25) is 0 Å². The molecule has 192 valence electrons. The number of methoxy groups -OCH3 is 1. The number of pyridine rings is 2. The second-order valence-corrected chi connectivity index (χ2v) is 8.15. The predicted molar refractivity (Wildman–Crippen MR) is 124 cm³/mol. The summed E-state index contributed by atoms with van der Waals surface area (Å²) in [6.45, 7) is -4.07. The normalized spacial score (nSPS) is 15.2. The quantitative estimate of drug-likeness (QED) is 0.402. The zero-order valence-corrected chi connectivity index (χ0v) is 19.0. The van der Waals surface area contributed by atoms with Crippen molar-refractivity contribution in [3.05, 3.63) is 40.4 Å². The molecule has 0 saturated heterocycles. The molecule has 0 radical (unpaired) electrons. The Morgan fingerprint density at radius 3 is 2.78 bits per heavy atom. The van der Waals surface area contributed by atoms with Crippen LogP contribution in [0.25, 0.3) is 10.9 Å². The average Bonchev–Trinajstić information content (AvgIpc) is 3.61. The summed E-state index contributed by atoms with van der Waals surface area (Å²) >= 11 is 0. The van der Waals surface area contributed by atoms with E-state index in [4.69, 9.17) is 8.85 Å². The number of alkyl halides is 3. The maximum Gasteiger partial charge on any atom is 0.406 e. The number of nitrogens with one attached hydrogen (secondary N) is 3. The van der Waals surface area contributed by atoms with Gasteiger partial charge in [0.2, 0.25) is 5.91 Å². The third-order valence-electron chi connectivity index (χ3n) is 5.45. The van der Waals surface area contributed by atoms with Gasteiger partial charge in [0.05, 0.1) is 29.9 Å². The van der Waals surface area contributed by atoms with Gasteiger partial charge in [-0.2, -0.15) is 18.3 Å². The number of fused-ring (bicyclic) bond motifs is 1. The number of aromatic nitrogens is 4. The Morgan fingerprint density at radius 2 is 2.11 bits per heavy atom. The number of rotatable bonds is 9. The van der Waals surface area contributed by atoms with E-state index in [0.717, 1.165) is 12.4 Å². The molecule has 0 atom stereocenters. The minimum absolute atomic E-state index is 0.0254. The Balaban J connectivity index is 1.81. The van der Waals surface area contributed by atoms with Crippen LogP contribution in [-0.2, 0) is 22.6 Å². The smallest absolute Gasteiger partial charge is 0.383 e. The third-order valence-corrected chi connectivity index (χ3v) is 5.45. The number of amides is 2. The van der Waals surface area contributed by atoms with E-state index in [9.17, 15) is 27.6 Å². The SMILES string of the molecule is [2H]C([2H])([2H])NC(=O)c1cnc(NC(=O)C2CC2)cc1Nc1nn(CCOC)c2ccn(CC(F)(F)F)c(=O)c12. The third kappa shape index (κ3) is 5.48. The minimum Gasteiger partial charge on any atom is -0.383 e. The standard InChI is InChI=1S/C22H24F3N7O4/c1-26-20(34)13-10-27-16(29-19(33)12-3-4-12)9-14(13)28-18-17-15(32(30-18)7-8-36-2)5-6-31(21(17)35)11-22(23,24)25/h5-6,9-10,12H,3-4,7-8,11H2,1-2H3,(H,26,34)(H2,27,28,29,30,33)/i1D3. The topological polar surface area (TPSA) is 132 Å². The molecule has 0 unspecified atom stereocenters. The largest absolute Gasteiger partial charge is 0.406 e. The minimum atomic E-state index is -4.67. The van der Waals surface area contributed by atoms with Crippen molar-refractivity contribution >= 4 is 40.0 Å². The summed E-state index contributed by atoms with van der Waals surface area (Å²) in [4.78, 5) is 42.1. The molecule has 0 aliphatic heterocycles. The van der Waals surface area contributed by atoms with Gasteiger partial charge in [-0.05, 0) is 18.9 Å². The number of hydrogen-bond acceptors (Lipinski definition) is 7. The number of halogens is 3. The van der Waals surface area contributed by atoms with Crippen molar-refractivity contribution in [2.24, 2.45) is 5.92 Å². The number of ether oxygens (including phenoxy) is 1. The molecule has 3 aromatic heterocycles. The number of carbonyl (C=O) groups excluding carboxylic acids is 2. The lowest BCUT2D eigenvalue weighted by Crippen LogP contribution is -2.27. The lowest BCUT2D eigenvalue weighted by Gasteiger charge is -2.12. The maximum atomic E-state index is 13.1. The first kappa shape index (κ1) is 21.4. The molecule has 11 nitrogen and oxygen atoms in total. The van der Waals surface area contributed by atoms with Crippen LogP contribution in [0.4, 0.5) is 30.5 Å². The van der Waals surface area contributed by atoms with E-state index in [1.165, 1.54) is 23.9 Å². The van der Waals surface area contributed by atoms with E-state index in [2.05, 4.69) is 20.7 Å². The van der Waals surface area contributed by atoms with Crippen molar-refractivity contribution in [1.82, 2.24) is 24.6 Å². The van der Waals surface area contributed by atoms with Crippen LogP contribution in [0.1, 0.15) is 27.3 Å². The molecular formula is C22H24F3N7O4. The van der Waals surface area contributed by atoms with Crippen LogP contribution in [0.15, 0.2) is 29.3 Å². The molecule has 1 aliphatic rings. The van der Waals surface area contributed by atoms with Gasteiger partial charge in [0.25, 0.3) is 11.5 Å². The van der Waals surface area contributed by atoms with Crippen LogP contribution < -0.4 is 21.5 Å². The van der Waals surface area contributed by atoms with Crippen molar-refractivity contribution in [2.75, 3.05) is 31.3 Å². The first-order chi connectivity index (χ1) is 18.3. The Labute approximate surface area is 206 Å². The fraction of sp³-hybridized carbons (Fsp3) is 0.409. The molecule has 0 spiro atoms. The molecule has 3 N–H and O–H groups in total. The van der Waals surface area contributed by atoms with E-state index in [1.807, 2.05) is 5.32 Å². The Bertz CT molecular complexity index is 1470. The molecule has 1 saturated carbocycles. The summed E-state index contributed by atoms with van der Waals surface area (Å²) in [5.74, 6) is -1.69. The molecule has 1 aliphatic carbocycles. The first-order valence-electron chi connectivity index (χ1n) is 12.3. The van der Waals surface area contributed by atoms with Gasteiger partial charge < -0.3 is 25.3 Å². The van der Waals surface area contributed by atoms with Crippen LogP contribution >= 0.6 is 0 Å². The summed E-state index contributed by atoms with van der Waals surface area (Å²) in [5, 5.41) is 11.3. The van der Waals surface area contributed by atoms with Gasteiger partial charge in [0.1, 0.15) is 17.7 Å². The summed E-state index contributed by atoms with van der Waals surface area (Å²) in [7, 11) is 1.44. The van der Waals surface area contributed by atoms with Crippen LogP contribution in [0.5, 0.6) is 0 Å². The summed E-state index contributed by atoms with van der Waals surface area (Å²) in [5.41, 5.74) is -1.17. The highest BCUT2D eigenvalue weighted by atomic mass is 19.4. The molecule has 2 amide bonds. The van der Waals surface area contributed by atoms with Crippen molar-refractivity contribution in [3.63, 3.8) is 0 Å². The number of hydrogen-bond donors (Lipinski definition) is 3. The first-order valence-corrected chi connectivity index (χ1v) is 10.8. The maximum absolute atomic E-state index is 13.1. The highest BCUT2D eigenvalue weighted by Crippen LogP contribution is 2.31. The summed E-state index contributed by atoms with van der Waals surface area (Å²) in [6, 6.07) is 2.54. The fourth-order valence-electron chi connectivity index (χ4n) is 3.56. The van der Waals surface area contributed by atoms with E-state index in [1.54, 1.807) is 0 Å². The van der Waals surface area contributed by atoms with Crippen molar-refractivity contribution in [2.45, 2.75) is 32.1 Å². The van der Waals surface area contributed by atoms with Crippen molar-refractivity contribution in [3.8, 4) is 0 Å². The number of anilines is 3. The van der Waals surface area contributed by atoms with E-state index in [0.29, 0.717) is 17.4 Å². The Kier molecular flexibility index (Phi) is 5.91. The monoisotopic (exact) mass is 510 g/mol. The highest BCUT2D eigenvalue weighted by molar-refractivity contribution is 6.02. The molecule has 36 heavy (non-hydrogen) atoms. The molecule has 3 aromatic rings. The van der Waals surface area contributed by atoms with Crippen LogP contribution in [-0.4, -0.2) is 58.0 Å². The lowest BCUT2D eigenvalue weighted by atomic mass is 10.2. The lowest BCUT2D eigenvalue weighted by molar-refractivity contribution is -0.141. The Morgan fingerprint density at radius 1 is 1.33 bits per heavy atom. The molecule has 3 heterocycles.